The van der Waals surface area contributed by atoms with E-state index in [2.05, 4.69) is 11.4 Å². The number of hydrogen-bond acceptors (Lipinski definition) is 3. The first kappa shape index (κ1) is 14.9. The van der Waals surface area contributed by atoms with E-state index in [4.69, 9.17) is 4.74 Å². The van der Waals surface area contributed by atoms with E-state index in [-0.39, 0.29) is 5.91 Å². The third-order valence-electron chi connectivity index (χ3n) is 4.84. The van der Waals surface area contributed by atoms with E-state index in [1.54, 1.807) is 12.1 Å². The van der Waals surface area contributed by atoms with Crippen LogP contribution in [-0.2, 0) is 28.8 Å². The molecule has 2 aliphatic rings. The fraction of sp³-hybridized carbons (Fsp3) is 0.300. The van der Waals surface area contributed by atoms with Crippen LogP contribution in [-0.4, -0.2) is 18.0 Å². The highest BCUT2D eigenvalue weighted by Crippen LogP contribution is 2.28. The Morgan fingerprint density at radius 2 is 1.79 bits per heavy atom. The highest BCUT2D eigenvalue weighted by Gasteiger charge is 2.31. The third-order valence-corrected chi connectivity index (χ3v) is 4.84. The third kappa shape index (κ3) is 2.68. The normalized spacial score (nSPS) is 19.0. The number of amides is 1. The molecule has 2 aromatic rings. The minimum absolute atomic E-state index is 0.253. The molecule has 0 saturated heterocycles. The van der Waals surface area contributed by atoms with E-state index in [1.807, 2.05) is 24.3 Å². The van der Waals surface area contributed by atoms with Crippen molar-refractivity contribution in [2.75, 3.05) is 5.32 Å². The summed E-state index contributed by atoms with van der Waals surface area (Å²) in [6, 6.07) is 13.3. The average molecular weight is 321 g/mol. The molecule has 1 aliphatic carbocycles. The minimum Gasteiger partial charge on any atom is -0.448 e. The standard InChI is InChI=1S/C20H19NO3/c22-19(18-12-14-7-2-4-10-16(14)20(23)24-18)21-17-11-5-8-13-6-1-3-9-15(13)17/h2,4-5,7-8,10-11,18H,1,3,6,9,12H2,(H,21,22). The molecule has 1 amide bonds. The van der Waals surface area contributed by atoms with Gasteiger partial charge in [0.05, 0.1) is 5.56 Å². The van der Waals surface area contributed by atoms with Crippen LogP contribution in [0.4, 0.5) is 5.69 Å². The van der Waals surface area contributed by atoms with Gasteiger partial charge in [-0.25, -0.2) is 4.79 Å². The zero-order chi connectivity index (χ0) is 16.5. The number of cyclic esters (lactones) is 1. The maximum Gasteiger partial charge on any atom is 0.339 e. The first-order chi connectivity index (χ1) is 11.7. The predicted octanol–water partition coefficient (Wildman–Crippen LogP) is 3.29. The first-order valence-electron chi connectivity index (χ1n) is 8.43. The van der Waals surface area contributed by atoms with Gasteiger partial charge in [0.2, 0.25) is 0 Å². The molecule has 24 heavy (non-hydrogen) atoms. The Bertz CT molecular complexity index is 812. The topological polar surface area (TPSA) is 55.4 Å². The lowest BCUT2D eigenvalue weighted by atomic mass is 9.90. The number of carbonyl (C=O) groups is 2. The largest absolute Gasteiger partial charge is 0.448 e. The number of carbonyl (C=O) groups excluding carboxylic acids is 2. The van der Waals surface area contributed by atoms with E-state index in [9.17, 15) is 9.59 Å². The van der Waals surface area contributed by atoms with E-state index < -0.39 is 12.1 Å². The second-order valence-corrected chi connectivity index (χ2v) is 6.39. The lowest BCUT2D eigenvalue weighted by Crippen LogP contribution is -2.38. The number of hydrogen-bond donors (Lipinski definition) is 1. The van der Waals surface area contributed by atoms with Crippen LogP contribution in [0.3, 0.4) is 0 Å². The average Bonchev–Trinajstić information content (AvgIpc) is 2.62. The summed E-state index contributed by atoms with van der Waals surface area (Å²) in [4.78, 5) is 24.7. The Kier molecular flexibility index (Phi) is 3.81. The Hall–Kier alpha value is -2.62. The summed E-state index contributed by atoms with van der Waals surface area (Å²) in [5.41, 5.74) is 4.81. The molecular formula is C20H19NO3. The summed E-state index contributed by atoms with van der Waals surface area (Å²) in [6.07, 6.45) is 4.03. The van der Waals surface area contributed by atoms with E-state index in [0.29, 0.717) is 12.0 Å². The SMILES string of the molecule is O=C1OC(C(=O)Nc2cccc3c2CCCC3)Cc2ccccc21. The lowest BCUT2D eigenvalue weighted by Gasteiger charge is -2.25. The van der Waals surface area contributed by atoms with Crippen molar-refractivity contribution in [2.24, 2.45) is 0 Å². The van der Waals surface area contributed by atoms with Crippen molar-refractivity contribution >= 4 is 17.6 Å². The zero-order valence-electron chi connectivity index (χ0n) is 13.4. The van der Waals surface area contributed by atoms with Crippen molar-refractivity contribution < 1.29 is 14.3 Å². The second-order valence-electron chi connectivity index (χ2n) is 6.39. The summed E-state index contributed by atoms with van der Waals surface area (Å²) in [7, 11) is 0. The van der Waals surface area contributed by atoms with Crippen LogP contribution in [0, 0.1) is 0 Å². The zero-order valence-corrected chi connectivity index (χ0v) is 13.4. The highest BCUT2D eigenvalue weighted by atomic mass is 16.5. The van der Waals surface area contributed by atoms with Gasteiger partial charge in [0.1, 0.15) is 0 Å². The number of aryl methyl sites for hydroxylation is 1. The van der Waals surface area contributed by atoms with Gasteiger partial charge in [-0.3, -0.25) is 4.79 Å². The minimum atomic E-state index is -0.771. The van der Waals surface area contributed by atoms with Crippen molar-refractivity contribution in [3.05, 3.63) is 64.7 Å². The quantitative estimate of drug-likeness (QED) is 0.864. The number of benzene rings is 2. The van der Waals surface area contributed by atoms with Crippen LogP contribution >= 0.6 is 0 Å². The lowest BCUT2D eigenvalue weighted by molar-refractivity contribution is -0.125. The molecule has 1 unspecified atom stereocenters. The molecule has 0 spiro atoms. The van der Waals surface area contributed by atoms with E-state index in [1.165, 1.54) is 17.5 Å². The molecule has 1 heterocycles. The molecule has 1 atom stereocenters. The number of rotatable bonds is 2. The first-order valence-corrected chi connectivity index (χ1v) is 8.43. The Morgan fingerprint density at radius 1 is 1.00 bits per heavy atom. The number of nitrogens with one attached hydrogen (secondary N) is 1. The second kappa shape index (κ2) is 6.11. The van der Waals surface area contributed by atoms with E-state index in [0.717, 1.165) is 30.5 Å². The van der Waals surface area contributed by atoms with Crippen LogP contribution in [0.5, 0.6) is 0 Å². The molecule has 0 aromatic heterocycles. The van der Waals surface area contributed by atoms with Crippen molar-refractivity contribution in [2.45, 2.75) is 38.2 Å². The number of anilines is 1. The van der Waals surface area contributed by atoms with Crippen LogP contribution in [0.15, 0.2) is 42.5 Å². The van der Waals surface area contributed by atoms with Gasteiger partial charge in [-0.15, -0.1) is 0 Å². The van der Waals surface area contributed by atoms with E-state index >= 15 is 0 Å². The smallest absolute Gasteiger partial charge is 0.339 e. The Labute approximate surface area is 140 Å². The molecule has 4 nitrogen and oxygen atoms in total. The number of ether oxygens (including phenoxy) is 1. The maximum atomic E-state index is 12.6. The molecule has 122 valence electrons. The van der Waals surface area contributed by atoms with Gasteiger partial charge in [0.25, 0.3) is 5.91 Å². The van der Waals surface area contributed by atoms with Crippen LogP contribution in [0.2, 0.25) is 0 Å². The van der Waals surface area contributed by atoms with Crippen LogP contribution < -0.4 is 5.32 Å². The maximum absolute atomic E-state index is 12.6. The predicted molar refractivity (Wildman–Crippen MR) is 91.1 cm³/mol. The van der Waals surface area contributed by atoms with Gasteiger partial charge >= 0.3 is 5.97 Å². The summed E-state index contributed by atoms with van der Waals surface area (Å²) in [5, 5.41) is 2.97. The fourth-order valence-corrected chi connectivity index (χ4v) is 3.59. The molecule has 2 aromatic carbocycles. The van der Waals surface area contributed by atoms with Crippen molar-refractivity contribution in [3.8, 4) is 0 Å². The highest BCUT2D eigenvalue weighted by molar-refractivity contribution is 6.00. The van der Waals surface area contributed by atoms with Gasteiger partial charge in [-0.1, -0.05) is 30.3 Å². The summed E-state index contributed by atoms with van der Waals surface area (Å²) >= 11 is 0. The molecule has 0 fully saturated rings. The van der Waals surface area contributed by atoms with Crippen molar-refractivity contribution in [3.63, 3.8) is 0 Å². The van der Waals surface area contributed by atoms with Gasteiger partial charge in [0, 0.05) is 12.1 Å². The summed E-state index contributed by atoms with van der Waals surface area (Å²) < 4.78 is 5.34. The molecule has 4 heteroatoms. The molecule has 0 radical (unpaired) electrons. The Morgan fingerprint density at radius 3 is 2.71 bits per heavy atom. The fourth-order valence-electron chi connectivity index (χ4n) is 3.59. The van der Waals surface area contributed by atoms with Gasteiger partial charge in [0.15, 0.2) is 6.10 Å². The molecule has 1 aliphatic heterocycles. The summed E-state index contributed by atoms with van der Waals surface area (Å²) in [5.74, 6) is -0.677. The number of esters is 1. The van der Waals surface area contributed by atoms with Gasteiger partial charge in [-0.05, 0) is 54.5 Å². The summed E-state index contributed by atoms with van der Waals surface area (Å²) in [6.45, 7) is 0. The Balaban J connectivity index is 1.55. The number of fused-ring (bicyclic) bond motifs is 2. The van der Waals surface area contributed by atoms with Crippen molar-refractivity contribution in [1.29, 1.82) is 0 Å². The molecular weight excluding hydrogens is 302 g/mol. The van der Waals surface area contributed by atoms with Gasteiger partial charge in [-0.2, -0.15) is 0 Å². The molecule has 1 N–H and O–H groups in total. The van der Waals surface area contributed by atoms with Crippen molar-refractivity contribution in [1.82, 2.24) is 0 Å². The van der Waals surface area contributed by atoms with Crippen LogP contribution in [0.25, 0.3) is 0 Å². The monoisotopic (exact) mass is 321 g/mol. The molecule has 4 rings (SSSR count). The molecule has 0 bridgehead atoms. The van der Waals surface area contributed by atoms with Crippen LogP contribution in [0.1, 0.15) is 39.9 Å². The molecule has 0 saturated carbocycles. The van der Waals surface area contributed by atoms with Gasteiger partial charge < -0.3 is 10.1 Å².